The van der Waals surface area contributed by atoms with Gasteiger partial charge in [-0.05, 0) is 76.6 Å². The molecule has 1 aromatic heterocycles. The lowest BCUT2D eigenvalue weighted by atomic mass is 9.86. The molecule has 1 aromatic carbocycles. The van der Waals surface area contributed by atoms with Crippen LogP contribution in [0.2, 0.25) is 0 Å². The van der Waals surface area contributed by atoms with E-state index < -0.39 is 5.60 Å². The lowest BCUT2D eigenvalue weighted by Gasteiger charge is -2.29. The number of fused-ring (bicyclic) bond motifs is 1. The Balaban J connectivity index is 1.33. The Bertz CT molecular complexity index is 985. The third-order valence-electron chi connectivity index (χ3n) is 5.98. The first kappa shape index (κ1) is 23.9. The molecular weight excluding hydrogens is 434 g/mol. The van der Waals surface area contributed by atoms with Crippen molar-refractivity contribution in [3.05, 3.63) is 30.5 Å². The number of ether oxygens (including phenoxy) is 2. The van der Waals surface area contributed by atoms with Crippen molar-refractivity contribution in [1.29, 1.82) is 0 Å². The SMILES string of the molecule is COc1ccc(N2c3nc(N[C@H]4CC[C@H](CNC(=O)OC(C)(C)C)CC4)ncc3NN2C)cc1. The molecule has 184 valence electrons. The first-order chi connectivity index (χ1) is 16.2. The smallest absolute Gasteiger partial charge is 0.407 e. The van der Waals surface area contributed by atoms with Crippen LogP contribution in [0.3, 0.4) is 0 Å². The number of alkyl carbamates (subject to hydrolysis) is 1. The quantitative estimate of drug-likeness (QED) is 0.571. The summed E-state index contributed by atoms with van der Waals surface area (Å²) in [6, 6.07) is 8.15. The zero-order valence-electron chi connectivity index (χ0n) is 20.6. The third kappa shape index (κ3) is 5.80. The molecule has 3 N–H and O–H groups in total. The largest absolute Gasteiger partial charge is 0.497 e. The van der Waals surface area contributed by atoms with Crippen LogP contribution >= 0.6 is 0 Å². The fourth-order valence-corrected chi connectivity index (χ4v) is 4.30. The number of carbonyl (C=O) groups excluding carboxylic acids is 1. The molecule has 1 saturated carbocycles. The molecule has 0 atom stereocenters. The first-order valence-electron chi connectivity index (χ1n) is 11.8. The minimum atomic E-state index is -0.477. The van der Waals surface area contributed by atoms with Crippen molar-refractivity contribution in [3.8, 4) is 5.75 Å². The van der Waals surface area contributed by atoms with E-state index in [1.807, 2.05) is 62.2 Å². The van der Waals surface area contributed by atoms with Gasteiger partial charge in [-0.25, -0.2) is 14.8 Å². The second-order valence-electron chi connectivity index (χ2n) is 9.82. The van der Waals surface area contributed by atoms with Gasteiger partial charge in [-0.3, -0.25) is 5.43 Å². The average Bonchev–Trinajstić information content (AvgIpc) is 3.12. The summed E-state index contributed by atoms with van der Waals surface area (Å²) >= 11 is 0. The second kappa shape index (κ2) is 9.92. The number of hydrogen-bond donors (Lipinski definition) is 3. The zero-order valence-corrected chi connectivity index (χ0v) is 20.6. The molecule has 4 rings (SSSR count). The van der Waals surface area contributed by atoms with Crippen molar-refractivity contribution in [2.24, 2.45) is 5.92 Å². The summed E-state index contributed by atoms with van der Waals surface area (Å²) in [7, 11) is 3.59. The molecule has 1 aliphatic carbocycles. The summed E-state index contributed by atoms with van der Waals surface area (Å²) in [6.45, 7) is 6.25. The number of benzene rings is 1. The highest BCUT2D eigenvalue weighted by Crippen LogP contribution is 2.38. The standard InChI is InChI=1S/C24H35N7O3/c1-24(2,3)34-23(32)26-14-16-6-8-17(9-7-16)27-22-25-15-20-21(28-22)31(30(4)29-20)18-10-12-19(33-5)13-11-18/h10-13,15-17,29H,6-9,14H2,1-5H3,(H,26,32)(H,25,27,28)/t16-,17-. The Labute approximate surface area is 201 Å². The zero-order chi connectivity index (χ0) is 24.3. The highest BCUT2D eigenvalue weighted by Gasteiger charge is 2.29. The maximum absolute atomic E-state index is 11.9. The summed E-state index contributed by atoms with van der Waals surface area (Å²) in [5.41, 5.74) is 4.62. The minimum Gasteiger partial charge on any atom is -0.497 e. The van der Waals surface area contributed by atoms with Gasteiger partial charge in [0.05, 0.1) is 19.0 Å². The molecule has 0 bridgehead atoms. The van der Waals surface area contributed by atoms with Crippen molar-refractivity contribution >= 4 is 29.2 Å². The Kier molecular flexibility index (Phi) is 6.97. The van der Waals surface area contributed by atoms with Crippen LogP contribution in [0.25, 0.3) is 0 Å². The number of hydrazine groups is 2. The molecule has 0 radical (unpaired) electrons. The van der Waals surface area contributed by atoms with Gasteiger partial charge in [-0.1, -0.05) is 0 Å². The van der Waals surface area contributed by atoms with Crippen LogP contribution in [0.4, 0.5) is 27.9 Å². The number of anilines is 4. The molecular formula is C24H35N7O3. The minimum absolute atomic E-state index is 0.303. The van der Waals surface area contributed by atoms with Gasteiger partial charge in [0.1, 0.15) is 17.0 Å². The van der Waals surface area contributed by atoms with Crippen LogP contribution in [0, 0.1) is 5.92 Å². The molecule has 2 aliphatic rings. The van der Waals surface area contributed by atoms with Crippen molar-refractivity contribution in [1.82, 2.24) is 20.4 Å². The Morgan fingerprint density at radius 1 is 1.18 bits per heavy atom. The van der Waals surface area contributed by atoms with E-state index >= 15 is 0 Å². The monoisotopic (exact) mass is 469 g/mol. The fraction of sp³-hybridized carbons (Fsp3) is 0.542. The molecule has 0 spiro atoms. The predicted molar refractivity (Wildman–Crippen MR) is 132 cm³/mol. The van der Waals surface area contributed by atoms with Gasteiger partial charge in [0, 0.05) is 19.6 Å². The maximum atomic E-state index is 11.9. The van der Waals surface area contributed by atoms with Crippen molar-refractivity contribution in [2.75, 3.05) is 36.5 Å². The van der Waals surface area contributed by atoms with E-state index in [-0.39, 0.29) is 6.09 Å². The normalized spacial score (nSPS) is 20.3. The maximum Gasteiger partial charge on any atom is 0.407 e. The van der Waals surface area contributed by atoms with Gasteiger partial charge in [0.25, 0.3) is 0 Å². The molecule has 1 aliphatic heterocycles. The highest BCUT2D eigenvalue weighted by atomic mass is 16.6. The number of aromatic nitrogens is 2. The van der Waals surface area contributed by atoms with E-state index in [1.54, 1.807) is 13.3 Å². The van der Waals surface area contributed by atoms with Crippen LogP contribution in [-0.4, -0.2) is 53.5 Å². The number of carbonyl (C=O) groups is 1. The summed E-state index contributed by atoms with van der Waals surface area (Å²) in [5, 5.41) is 10.3. The van der Waals surface area contributed by atoms with Crippen LogP contribution < -0.4 is 25.8 Å². The Hall–Kier alpha value is -3.27. The van der Waals surface area contributed by atoms with E-state index in [0.29, 0.717) is 24.5 Å². The molecule has 2 aromatic rings. The van der Waals surface area contributed by atoms with Gasteiger partial charge in [-0.2, -0.15) is 4.98 Å². The topological polar surface area (TPSA) is 104 Å². The predicted octanol–water partition coefficient (Wildman–Crippen LogP) is 4.31. The molecule has 0 unspecified atom stereocenters. The average molecular weight is 470 g/mol. The van der Waals surface area contributed by atoms with E-state index in [9.17, 15) is 4.79 Å². The number of methoxy groups -OCH3 is 1. The van der Waals surface area contributed by atoms with E-state index in [2.05, 4.69) is 21.0 Å². The lowest BCUT2D eigenvalue weighted by Crippen LogP contribution is -2.37. The molecule has 34 heavy (non-hydrogen) atoms. The molecule has 10 heteroatoms. The number of nitrogens with one attached hydrogen (secondary N) is 3. The fourth-order valence-electron chi connectivity index (χ4n) is 4.30. The summed E-state index contributed by atoms with van der Waals surface area (Å²) < 4.78 is 10.6. The van der Waals surface area contributed by atoms with Crippen molar-refractivity contribution < 1.29 is 14.3 Å². The van der Waals surface area contributed by atoms with Gasteiger partial charge >= 0.3 is 6.09 Å². The van der Waals surface area contributed by atoms with Crippen LogP contribution in [0.1, 0.15) is 46.5 Å². The molecule has 1 fully saturated rings. The lowest BCUT2D eigenvalue weighted by molar-refractivity contribution is 0.0515. The Morgan fingerprint density at radius 2 is 1.88 bits per heavy atom. The van der Waals surface area contributed by atoms with Gasteiger partial charge in [0.2, 0.25) is 5.95 Å². The van der Waals surface area contributed by atoms with E-state index in [4.69, 9.17) is 14.5 Å². The van der Waals surface area contributed by atoms with Gasteiger partial charge < -0.3 is 20.1 Å². The summed E-state index contributed by atoms with van der Waals surface area (Å²) in [6.07, 6.45) is 5.52. The summed E-state index contributed by atoms with van der Waals surface area (Å²) in [5.74, 6) is 2.67. The second-order valence-corrected chi connectivity index (χ2v) is 9.82. The van der Waals surface area contributed by atoms with Crippen LogP contribution in [-0.2, 0) is 4.74 Å². The van der Waals surface area contributed by atoms with Crippen LogP contribution in [0.15, 0.2) is 30.5 Å². The molecule has 1 amide bonds. The van der Waals surface area contributed by atoms with Crippen molar-refractivity contribution in [3.63, 3.8) is 0 Å². The molecule has 2 heterocycles. The molecule has 0 saturated heterocycles. The van der Waals surface area contributed by atoms with Crippen molar-refractivity contribution in [2.45, 2.75) is 58.1 Å². The van der Waals surface area contributed by atoms with E-state index in [0.717, 1.165) is 48.6 Å². The van der Waals surface area contributed by atoms with Gasteiger partial charge in [-0.15, -0.1) is 5.12 Å². The van der Waals surface area contributed by atoms with Crippen LogP contribution in [0.5, 0.6) is 5.75 Å². The Morgan fingerprint density at radius 3 is 2.53 bits per heavy atom. The first-order valence-corrected chi connectivity index (χ1v) is 11.8. The number of rotatable bonds is 6. The number of hydrogen-bond acceptors (Lipinski definition) is 9. The summed E-state index contributed by atoms with van der Waals surface area (Å²) in [4.78, 5) is 21.2. The van der Waals surface area contributed by atoms with E-state index in [1.165, 1.54) is 0 Å². The number of amides is 1. The van der Waals surface area contributed by atoms with Gasteiger partial charge in [0.15, 0.2) is 5.82 Å². The number of nitrogens with zero attached hydrogens (tertiary/aromatic N) is 4. The highest BCUT2D eigenvalue weighted by molar-refractivity contribution is 5.76. The molecule has 10 nitrogen and oxygen atoms in total. The third-order valence-corrected chi connectivity index (χ3v) is 5.98.